The number of halogens is 1. The van der Waals surface area contributed by atoms with Crippen LogP contribution in [-0.4, -0.2) is 49.6 Å². The summed E-state index contributed by atoms with van der Waals surface area (Å²) in [5, 5.41) is 3.09. The van der Waals surface area contributed by atoms with Crippen molar-refractivity contribution in [2.75, 3.05) is 32.8 Å². The molecule has 0 radical (unpaired) electrons. The van der Waals surface area contributed by atoms with Gasteiger partial charge in [0.25, 0.3) is 0 Å². The lowest BCUT2D eigenvalue weighted by Crippen LogP contribution is -2.49. The fourth-order valence-electron chi connectivity index (χ4n) is 3.48. The van der Waals surface area contributed by atoms with E-state index in [0.717, 1.165) is 45.3 Å². The summed E-state index contributed by atoms with van der Waals surface area (Å²) in [7, 11) is 0. The summed E-state index contributed by atoms with van der Waals surface area (Å²) < 4.78 is 18.6. The van der Waals surface area contributed by atoms with Gasteiger partial charge in [-0.15, -0.1) is 0 Å². The normalized spacial score (nSPS) is 23.1. The molecule has 1 saturated heterocycles. The van der Waals surface area contributed by atoms with Crippen molar-refractivity contribution in [3.63, 3.8) is 0 Å². The number of ether oxygens (including phenoxy) is 1. The maximum Gasteiger partial charge on any atom is 0.234 e. The number of carbonyl (C=O) groups is 1. The zero-order chi connectivity index (χ0) is 21.1. The van der Waals surface area contributed by atoms with Gasteiger partial charge in [-0.1, -0.05) is 27.0 Å². The first-order valence-electron chi connectivity index (χ1n) is 10.4. The molecule has 3 N–H and O–H groups in total. The first-order valence-corrected chi connectivity index (χ1v) is 10.4. The van der Waals surface area contributed by atoms with Crippen LogP contribution in [0.2, 0.25) is 0 Å². The molecule has 1 heterocycles. The molecular formula is C22H38FN3O2. The molecule has 0 aromatic rings. The van der Waals surface area contributed by atoms with Gasteiger partial charge in [0.1, 0.15) is 11.6 Å². The predicted molar refractivity (Wildman–Crippen MR) is 113 cm³/mol. The lowest BCUT2D eigenvalue weighted by atomic mass is 9.81. The van der Waals surface area contributed by atoms with Crippen molar-refractivity contribution in [3.8, 4) is 0 Å². The van der Waals surface area contributed by atoms with Gasteiger partial charge in [0.05, 0.1) is 13.2 Å². The molecule has 1 amide bonds. The quantitative estimate of drug-likeness (QED) is 0.463. The molecule has 1 aliphatic heterocycles. The topological polar surface area (TPSA) is 67.6 Å². The lowest BCUT2D eigenvalue weighted by Gasteiger charge is -2.37. The van der Waals surface area contributed by atoms with Crippen LogP contribution in [0, 0.1) is 11.8 Å². The van der Waals surface area contributed by atoms with Crippen LogP contribution >= 0.6 is 0 Å². The smallest absolute Gasteiger partial charge is 0.234 e. The highest BCUT2D eigenvalue weighted by atomic mass is 19.1. The van der Waals surface area contributed by atoms with Crippen LogP contribution in [0.1, 0.15) is 46.5 Å². The van der Waals surface area contributed by atoms with E-state index >= 15 is 0 Å². The van der Waals surface area contributed by atoms with Crippen molar-refractivity contribution >= 4 is 5.91 Å². The monoisotopic (exact) mass is 395 g/mol. The zero-order valence-electron chi connectivity index (χ0n) is 17.8. The number of nitrogens with one attached hydrogen (secondary N) is 1. The van der Waals surface area contributed by atoms with Crippen molar-refractivity contribution in [3.05, 3.63) is 36.4 Å². The number of nitrogens with two attached hydrogens (primary N) is 1. The molecule has 6 heteroatoms. The van der Waals surface area contributed by atoms with Crippen molar-refractivity contribution in [1.29, 1.82) is 0 Å². The Kier molecular flexibility index (Phi) is 11.1. The van der Waals surface area contributed by atoms with E-state index in [1.165, 1.54) is 6.08 Å². The molecule has 0 atom stereocenters. The summed E-state index contributed by atoms with van der Waals surface area (Å²) in [4.78, 5) is 14.4. The van der Waals surface area contributed by atoms with Gasteiger partial charge in [0, 0.05) is 12.1 Å². The second kappa shape index (κ2) is 12.7. The highest BCUT2D eigenvalue weighted by molar-refractivity contribution is 5.78. The molecule has 1 saturated carbocycles. The molecular weight excluding hydrogens is 357 g/mol. The first-order chi connectivity index (χ1) is 13.4. The third-order valence-electron chi connectivity index (χ3n) is 5.19. The Bertz CT molecular complexity index is 548. The summed E-state index contributed by atoms with van der Waals surface area (Å²) in [6.07, 6.45) is 5.20. The minimum Gasteiger partial charge on any atom is -0.493 e. The van der Waals surface area contributed by atoms with Gasteiger partial charge in [-0.3, -0.25) is 9.69 Å². The van der Waals surface area contributed by atoms with Crippen LogP contribution in [0.5, 0.6) is 0 Å². The second-order valence-corrected chi connectivity index (χ2v) is 7.60. The number of allylic oxidation sites excluding steroid dienone is 3. The highest BCUT2D eigenvalue weighted by Gasteiger charge is 2.31. The molecule has 28 heavy (non-hydrogen) atoms. The van der Waals surface area contributed by atoms with E-state index in [2.05, 4.69) is 23.4 Å². The number of hydrogen-bond acceptors (Lipinski definition) is 4. The number of piperidine rings is 1. The molecule has 160 valence electrons. The highest BCUT2D eigenvalue weighted by Crippen LogP contribution is 2.29. The average molecular weight is 396 g/mol. The SMILES string of the molecule is C=C(F)/C=C(/OCC1CC(NC(=O)CN2CCC(CN)CC2)C1)C(=C)C.CC. The maximum absolute atomic E-state index is 12.9. The summed E-state index contributed by atoms with van der Waals surface area (Å²) in [6.45, 7) is 16.4. The molecule has 1 aliphatic carbocycles. The number of amides is 1. The van der Waals surface area contributed by atoms with Gasteiger partial charge < -0.3 is 15.8 Å². The predicted octanol–water partition coefficient (Wildman–Crippen LogP) is 3.54. The van der Waals surface area contributed by atoms with Crippen LogP contribution < -0.4 is 11.1 Å². The van der Waals surface area contributed by atoms with Crippen LogP contribution in [0.3, 0.4) is 0 Å². The van der Waals surface area contributed by atoms with E-state index in [4.69, 9.17) is 10.5 Å². The fourth-order valence-corrected chi connectivity index (χ4v) is 3.48. The van der Waals surface area contributed by atoms with E-state index in [1.54, 1.807) is 6.92 Å². The molecule has 0 aromatic carbocycles. The fraction of sp³-hybridized carbons (Fsp3) is 0.682. The van der Waals surface area contributed by atoms with Crippen LogP contribution in [-0.2, 0) is 9.53 Å². The van der Waals surface area contributed by atoms with Crippen molar-refractivity contribution in [2.45, 2.75) is 52.5 Å². The van der Waals surface area contributed by atoms with Crippen LogP contribution in [0.4, 0.5) is 4.39 Å². The second-order valence-electron chi connectivity index (χ2n) is 7.60. The molecule has 0 bridgehead atoms. The molecule has 2 rings (SSSR count). The molecule has 2 fully saturated rings. The third kappa shape index (κ3) is 8.57. The third-order valence-corrected chi connectivity index (χ3v) is 5.19. The van der Waals surface area contributed by atoms with Gasteiger partial charge in [0.2, 0.25) is 5.91 Å². The Morgan fingerprint density at radius 1 is 1.25 bits per heavy atom. The van der Waals surface area contributed by atoms with Crippen molar-refractivity contribution in [2.24, 2.45) is 17.6 Å². The van der Waals surface area contributed by atoms with E-state index < -0.39 is 5.83 Å². The van der Waals surface area contributed by atoms with Gasteiger partial charge in [-0.2, -0.15) is 0 Å². The van der Waals surface area contributed by atoms with Crippen LogP contribution in [0.15, 0.2) is 36.4 Å². The Labute approximate surface area is 169 Å². The van der Waals surface area contributed by atoms with Gasteiger partial charge in [0.15, 0.2) is 0 Å². The standard InChI is InChI=1S/C20H32FN3O2.C2H6/c1-14(2)19(8-15(3)21)26-13-17-9-18(10-17)23-20(25)12-24-6-4-16(11-22)5-7-24;1-2/h8,16-18H,1,3-7,9-13,22H2,2H3,(H,23,25);1-2H3/b19-8+;. The van der Waals surface area contributed by atoms with Gasteiger partial charge >= 0.3 is 0 Å². The van der Waals surface area contributed by atoms with Crippen molar-refractivity contribution < 1.29 is 13.9 Å². The van der Waals surface area contributed by atoms with Crippen molar-refractivity contribution in [1.82, 2.24) is 10.2 Å². The Morgan fingerprint density at radius 2 is 1.86 bits per heavy atom. The number of rotatable bonds is 9. The molecule has 0 spiro atoms. The van der Waals surface area contributed by atoms with E-state index in [0.29, 0.717) is 36.3 Å². The molecule has 2 aliphatic rings. The number of likely N-dealkylation sites (tertiary alicyclic amines) is 1. The number of hydrogen-bond donors (Lipinski definition) is 2. The summed E-state index contributed by atoms with van der Waals surface area (Å²) >= 11 is 0. The minimum absolute atomic E-state index is 0.0943. The maximum atomic E-state index is 12.9. The first kappa shape index (κ1) is 24.4. The molecule has 5 nitrogen and oxygen atoms in total. The number of nitrogens with zero attached hydrogens (tertiary/aromatic N) is 1. The lowest BCUT2D eigenvalue weighted by molar-refractivity contribution is -0.124. The number of carbonyl (C=O) groups excluding carboxylic acids is 1. The Morgan fingerprint density at radius 3 is 2.36 bits per heavy atom. The zero-order valence-corrected chi connectivity index (χ0v) is 17.8. The van der Waals surface area contributed by atoms with E-state index in [1.807, 2.05) is 13.8 Å². The largest absolute Gasteiger partial charge is 0.493 e. The minimum atomic E-state index is -0.544. The molecule has 0 aromatic heterocycles. The summed E-state index contributed by atoms with van der Waals surface area (Å²) in [5.41, 5.74) is 6.37. The summed E-state index contributed by atoms with van der Waals surface area (Å²) in [6, 6.07) is 0.214. The van der Waals surface area contributed by atoms with Crippen LogP contribution in [0.25, 0.3) is 0 Å². The van der Waals surface area contributed by atoms with Gasteiger partial charge in [-0.25, -0.2) is 4.39 Å². The molecule has 0 unspecified atom stereocenters. The summed E-state index contributed by atoms with van der Waals surface area (Å²) in [5.74, 6) is 0.963. The van der Waals surface area contributed by atoms with E-state index in [9.17, 15) is 9.18 Å². The average Bonchev–Trinajstić information content (AvgIpc) is 2.64. The van der Waals surface area contributed by atoms with Gasteiger partial charge in [-0.05, 0) is 69.7 Å². The van der Waals surface area contributed by atoms with E-state index in [-0.39, 0.29) is 11.9 Å². The Hall–Kier alpha value is -1.66. The Balaban J connectivity index is 0.00000190.